The van der Waals surface area contributed by atoms with Crippen LogP contribution in [0.25, 0.3) is 16.9 Å². The van der Waals surface area contributed by atoms with Crippen molar-refractivity contribution >= 4 is 17.5 Å². The van der Waals surface area contributed by atoms with Gasteiger partial charge in [-0.05, 0) is 25.0 Å². The molecule has 2 N–H and O–H groups in total. The molecule has 1 atom stereocenters. The molecule has 1 unspecified atom stereocenters. The van der Waals surface area contributed by atoms with E-state index in [9.17, 15) is 22.8 Å². The largest absolute Gasteiger partial charge is 0.416 e. The van der Waals surface area contributed by atoms with Crippen molar-refractivity contribution in [1.82, 2.24) is 19.3 Å². The summed E-state index contributed by atoms with van der Waals surface area (Å²) in [6.45, 7) is 0.738. The molecule has 7 nitrogen and oxygen atoms in total. The molecule has 2 amide bonds. The van der Waals surface area contributed by atoms with Crippen molar-refractivity contribution < 1.29 is 22.8 Å². The van der Waals surface area contributed by atoms with Crippen molar-refractivity contribution in [3.8, 4) is 11.3 Å². The van der Waals surface area contributed by atoms with E-state index in [-0.39, 0.29) is 24.1 Å². The highest BCUT2D eigenvalue weighted by Gasteiger charge is 2.30. The average molecular weight is 417 g/mol. The normalized spacial score (nSPS) is 17.3. The molecule has 156 valence electrons. The molecule has 0 radical (unpaired) electrons. The lowest BCUT2D eigenvalue weighted by molar-refractivity contribution is -0.137. The zero-order valence-corrected chi connectivity index (χ0v) is 15.8. The molecule has 2 aromatic heterocycles. The van der Waals surface area contributed by atoms with E-state index in [1.807, 2.05) is 0 Å². The SMILES string of the molecule is NC(=O)C1CCCN(C(=O)c2cn3c(-c4ccc(C(F)(F)F)cc4)cnc3cn2)C1. The first-order valence-corrected chi connectivity index (χ1v) is 9.33. The van der Waals surface area contributed by atoms with Crippen LogP contribution in [-0.2, 0) is 11.0 Å². The molecule has 4 rings (SSSR count). The van der Waals surface area contributed by atoms with Gasteiger partial charge < -0.3 is 10.6 Å². The number of fused-ring (bicyclic) bond motifs is 1. The maximum Gasteiger partial charge on any atom is 0.416 e. The molecule has 0 aliphatic carbocycles. The van der Waals surface area contributed by atoms with Gasteiger partial charge in [-0.25, -0.2) is 9.97 Å². The quantitative estimate of drug-likeness (QED) is 0.709. The lowest BCUT2D eigenvalue weighted by Gasteiger charge is -2.30. The second-order valence-corrected chi connectivity index (χ2v) is 7.21. The Morgan fingerprint density at radius 2 is 1.83 bits per heavy atom. The smallest absolute Gasteiger partial charge is 0.369 e. The highest BCUT2D eigenvalue weighted by Crippen LogP contribution is 2.31. The summed E-state index contributed by atoms with van der Waals surface area (Å²) < 4.78 is 40.1. The number of nitrogens with two attached hydrogens (primary N) is 1. The topological polar surface area (TPSA) is 93.6 Å². The molecule has 0 spiro atoms. The number of carbonyl (C=O) groups is 2. The Bertz CT molecular complexity index is 1110. The van der Waals surface area contributed by atoms with Crippen LogP contribution in [0.5, 0.6) is 0 Å². The van der Waals surface area contributed by atoms with Crippen molar-refractivity contribution in [2.24, 2.45) is 11.7 Å². The van der Waals surface area contributed by atoms with E-state index in [2.05, 4.69) is 9.97 Å². The maximum absolute atomic E-state index is 12.9. The number of likely N-dealkylation sites (tertiary alicyclic amines) is 1. The van der Waals surface area contributed by atoms with Gasteiger partial charge in [-0.1, -0.05) is 12.1 Å². The molecule has 1 aromatic carbocycles. The van der Waals surface area contributed by atoms with Gasteiger partial charge in [-0.2, -0.15) is 13.2 Å². The number of nitrogens with zero attached hydrogens (tertiary/aromatic N) is 4. The van der Waals surface area contributed by atoms with Crippen LogP contribution in [0.1, 0.15) is 28.9 Å². The van der Waals surface area contributed by atoms with E-state index in [1.54, 1.807) is 9.30 Å². The van der Waals surface area contributed by atoms with Crippen molar-refractivity contribution in [3.63, 3.8) is 0 Å². The Kier molecular flexibility index (Phi) is 4.92. The zero-order valence-electron chi connectivity index (χ0n) is 15.8. The summed E-state index contributed by atoms with van der Waals surface area (Å²) >= 11 is 0. The van der Waals surface area contributed by atoms with Crippen LogP contribution in [-0.4, -0.2) is 44.2 Å². The van der Waals surface area contributed by atoms with Gasteiger partial charge in [-0.15, -0.1) is 0 Å². The van der Waals surface area contributed by atoms with Crippen LogP contribution in [0.15, 0.2) is 42.9 Å². The third-order valence-electron chi connectivity index (χ3n) is 5.23. The second-order valence-electron chi connectivity index (χ2n) is 7.21. The predicted octanol–water partition coefficient (Wildman–Crippen LogP) is 2.75. The van der Waals surface area contributed by atoms with Crippen LogP contribution in [0, 0.1) is 5.92 Å². The van der Waals surface area contributed by atoms with Crippen molar-refractivity contribution in [2.45, 2.75) is 19.0 Å². The fraction of sp³-hybridized carbons (Fsp3) is 0.300. The number of hydrogen-bond acceptors (Lipinski definition) is 4. The second kappa shape index (κ2) is 7.43. The molecule has 3 aromatic rings. The number of amides is 2. The molecule has 1 fully saturated rings. The number of rotatable bonds is 3. The van der Waals surface area contributed by atoms with Crippen LogP contribution >= 0.6 is 0 Å². The first-order valence-electron chi connectivity index (χ1n) is 9.33. The number of piperidine rings is 1. The molecule has 1 aliphatic heterocycles. The Hall–Kier alpha value is -3.43. The third kappa shape index (κ3) is 3.72. The van der Waals surface area contributed by atoms with Crippen LogP contribution in [0.2, 0.25) is 0 Å². The molecule has 1 aliphatic rings. The van der Waals surface area contributed by atoms with Gasteiger partial charge in [0.05, 0.1) is 29.6 Å². The molecular formula is C20H18F3N5O2. The summed E-state index contributed by atoms with van der Waals surface area (Å²) in [7, 11) is 0. The molecule has 0 saturated carbocycles. The maximum atomic E-state index is 12.9. The van der Waals surface area contributed by atoms with Gasteiger partial charge in [0.15, 0.2) is 5.65 Å². The highest BCUT2D eigenvalue weighted by molar-refractivity contribution is 5.93. The Balaban J connectivity index is 1.65. The third-order valence-corrected chi connectivity index (χ3v) is 5.23. The minimum atomic E-state index is -4.42. The lowest BCUT2D eigenvalue weighted by Crippen LogP contribution is -2.44. The van der Waals surface area contributed by atoms with Crippen LogP contribution in [0.3, 0.4) is 0 Å². The van der Waals surface area contributed by atoms with Gasteiger partial charge >= 0.3 is 6.18 Å². The van der Waals surface area contributed by atoms with E-state index >= 15 is 0 Å². The number of alkyl halides is 3. The number of carbonyl (C=O) groups excluding carboxylic acids is 2. The van der Waals surface area contributed by atoms with Crippen molar-refractivity contribution in [3.05, 3.63) is 54.1 Å². The van der Waals surface area contributed by atoms with E-state index in [4.69, 9.17) is 5.73 Å². The van der Waals surface area contributed by atoms with E-state index < -0.39 is 17.6 Å². The van der Waals surface area contributed by atoms with Crippen molar-refractivity contribution in [1.29, 1.82) is 0 Å². The predicted molar refractivity (Wildman–Crippen MR) is 101 cm³/mol. The summed E-state index contributed by atoms with van der Waals surface area (Å²) in [5, 5.41) is 0. The zero-order chi connectivity index (χ0) is 21.5. The standard InChI is InChI=1S/C20H18F3N5O2/c21-20(22,23)14-5-3-12(4-6-14)16-8-26-17-9-25-15(11-28(16)17)19(30)27-7-1-2-13(10-27)18(24)29/h3-6,8-9,11,13H,1-2,7,10H2,(H2,24,29). The Morgan fingerprint density at radius 3 is 2.50 bits per heavy atom. The molecule has 0 bridgehead atoms. The number of halogens is 3. The van der Waals surface area contributed by atoms with Crippen molar-refractivity contribution in [2.75, 3.05) is 13.1 Å². The minimum absolute atomic E-state index is 0.152. The fourth-order valence-electron chi connectivity index (χ4n) is 3.60. The van der Waals surface area contributed by atoms with Gasteiger partial charge in [0, 0.05) is 24.8 Å². The minimum Gasteiger partial charge on any atom is -0.369 e. The van der Waals surface area contributed by atoms with Gasteiger partial charge in [0.1, 0.15) is 5.69 Å². The van der Waals surface area contributed by atoms with E-state index in [0.29, 0.717) is 36.3 Å². The number of hydrogen-bond donors (Lipinski definition) is 1. The Morgan fingerprint density at radius 1 is 1.10 bits per heavy atom. The van der Waals surface area contributed by atoms with Gasteiger partial charge in [-0.3, -0.25) is 14.0 Å². The molecule has 3 heterocycles. The van der Waals surface area contributed by atoms with E-state index in [1.165, 1.54) is 30.7 Å². The van der Waals surface area contributed by atoms with Gasteiger partial charge in [0.2, 0.25) is 5.91 Å². The summed E-state index contributed by atoms with van der Waals surface area (Å²) in [5.41, 5.74) is 6.29. The summed E-state index contributed by atoms with van der Waals surface area (Å²) in [5.74, 6) is -1.16. The fourth-order valence-corrected chi connectivity index (χ4v) is 3.60. The summed E-state index contributed by atoms with van der Waals surface area (Å²) in [6.07, 6.45) is 1.34. The highest BCUT2D eigenvalue weighted by atomic mass is 19.4. The molecule has 1 saturated heterocycles. The van der Waals surface area contributed by atoms with Crippen LogP contribution < -0.4 is 5.73 Å². The van der Waals surface area contributed by atoms with Gasteiger partial charge in [0.25, 0.3) is 5.91 Å². The van der Waals surface area contributed by atoms with E-state index in [0.717, 1.165) is 12.1 Å². The number of benzene rings is 1. The number of aromatic nitrogens is 3. The molecular weight excluding hydrogens is 399 g/mol. The summed E-state index contributed by atoms with van der Waals surface area (Å²) in [6, 6.07) is 4.71. The average Bonchev–Trinajstić information content (AvgIpc) is 3.16. The first-order chi connectivity index (χ1) is 14.2. The number of imidazole rings is 1. The monoisotopic (exact) mass is 417 g/mol. The summed E-state index contributed by atoms with van der Waals surface area (Å²) in [4.78, 5) is 34.3. The first kappa shape index (κ1) is 19.9. The van der Waals surface area contributed by atoms with Crippen LogP contribution in [0.4, 0.5) is 13.2 Å². The lowest BCUT2D eigenvalue weighted by atomic mass is 9.97. The Labute approximate surface area is 169 Å². The molecule has 30 heavy (non-hydrogen) atoms. The molecule has 10 heteroatoms. The number of primary amides is 1.